The second-order valence-corrected chi connectivity index (χ2v) is 7.51. The molecule has 6 nitrogen and oxygen atoms in total. The minimum atomic E-state index is 0.000219. The Morgan fingerprint density at radius 2 is 1.78 bits per heavy atom. The van der Waals surface area contributed by atoms with Crippen LogP contribution < -0.4 is 10.1 Å². The number of ether oxygens (including phenoxy) is 1. The number of amides is 2. The van der Waals surface area contributed by atoms with Crippen LogP contribution in [0.25, 0.3) is 0 Å². The van der Waals surface area contributed by atoms with Crippen molar-refractivity contribution in [2.75, 3.05) is 39.3 Å². The molecule has 1 saturated heterocycles. The Kier molecular flexibility index (Phi) is 8.10. The molecule has 1 fully saturated rings. The first-order valence-corrected chi connectivity index (χ1v) is 9.92. The van der Waals surface area contributed by atoms with Gasteiger partial charge in [0.1, 0.15) is 5.75 Å². The Hall–Kier alpha value is -2.08. The van der Waals surface area contributed by atoms with Crippen LogP contribution >= 0.6 is 0 Å². The Morgan fingerprint density at radius 1 is 1.11 bits per heavy atom. The van der Waals surface area contributed by atoms with Gasteiger partial charge >= 0.3 is 0 Å². The van der Waals surface area contributed by atoms with E-state index in [1.54, 1.807) is 0 Å². The van der Waals surface area contributed by atoms with Crippen LogP contribution in [0.5, 0.6) is 5.75 Å². The molecule has 1 aromatic carbocycles. The third-order valence-electron chi connectivity index (χ3n) is 4.96. The Morgan fingerprint density at radius 3 is 2.41 bits per heavy atom. The van der Waals surface area contributed by atoms with E-state index in [1.165, 1.54) is 0 Å². The fraction of sp³-hybridized carbons (Fsp3) is 0.619. The molecule has 2 amide bonds. The molecule has 0 spiro atoms. The Balaban J connectivity index is 1.79. The molecule has 0 saturated carbocycles. The van der Waals surface area contributed by atoms with Crippen LogP contribution in [0.2, 0.25) is 0 Å². The van der Waals surface area contributed by atoms with Crippen molar-refractivity contribution in [3.8, 4) is 5.75 Å². The number of carbonyl (C=O) groups is 2. The molecule has 1 aromatic rings. The lowest BCUT2D eigenvalue weighted by molar-refractivity contribution is -0.135. The first kappa shape index (κ1) is 21.2. The van der Waals surface area contributed by atoms with Gasteiger partial charge in [-0.1, -0.05) is 32.0 Å². The maximum atomic E-state index is 12.5. The van der Waals surface area contributed by atoms with Gasteiger partial charge in [-0.2, -0.15) is 0 Å². The molecule has 0 bridgehead atoms. The van der Waals surface area contributed by atoms with Gasteiger partial charge in [0.25, 0.3) is 5.91 Å². The lowest BCUT2D eigenvalue weighted by Crippen LogP contribution is -2.52. The highest BCUT2D eigenvalue weighted by Crippen LogP contribution is 2.28. The maximum Gasteiger partial charge on any atom is 0.260 e. The molecule has 6 heteroatoms. The summed E-state index contributed by atoms with van der Waals surface area (Å²) < 4.78 is 5.84. The van der Waals surface area contributed by atoms with E-state index in [-0.39, 0.29) is 24.5 Å². The number of piperazine rings is 1. The normalized spacial score (nSPS) is 16.3. The second-order valence-electron chi connectivity index (χ2n) is 7.51. The summed E-state index contributed by atoms with van der Waals surface area (Å²) in [5.74, 6) is 1.23. The summed E-state index contributed by atoms with van der Waals surface area (Å²) in [6.45, 7) is 11.3. The fourth-order valence-corrected chi connectivity index (χ4v) is 3.20. The lowest BCUT2D eigenvalue weighted by Gasteiger charge is -2.34. The van der Waals surface area contributed by atoms with E-state index < -0.39 is 0 Å². The van der Waals surface area contributed by atoms with Crippen LogP contribution in [0.15, 0.2) is 24.3 Å². The number of benzene rings is 1. The van der Waals surface area contributed by atoms with Crippen LogP contribution in [-0.2, 0) is 9.59 Å². The van der Waals surface area contributed by atoms with E-state index in [1.807, 2.05) is 36.9 Å². The zero-order valence-electron chi connectivity index (χ0n) is 17.0. The van der Waals surface area contributed by atoms with Crippen molar-refractivity contribution in [1.82, 2.24) is 15.1 Å². The molecular weight excluding hydrogens is 342 g/mol. The molecular formula is C21H33N3O3. The van der Waals surface area contributed by atoms with Crippen molar-refractivity contribution in [2.24, 2.45) is 0 Å². The summed E-state index contributed by atoms with van der Waals surface area (Å²) in [6, 6.07) is 8.09. The van der Waals surface area contributed by atoms with Gasteiger partial charge in [-0.3, -0.25) is 14.5 Å². The number of hydrogen-bond acceptors (Lipinski definition) is 4. The average molecular weight is 376 g/mol. The topological polar surface area (TPSA) is 61.9 Å². The molecule has 0 aromatic heterocycles. The summed E-state index contributed by atoms with van der Waals surface area (Å²) in [6.07, 6.45) is 1.03. The molecule has 0 radical (unpaired) electrons. The first-order chi connectivity index (χ1) is 12.9. The SMILES string of the molecule is CCC(C)c1ccccc1OCC(=O)N1CCN(CC(=O)NC(C)C)CC1. The maximum absolute atomic E-state index is 12.5. The molecule has 1 unspecified atom stereocenters. The van der Waals surface area contributed by atoms with Crippen molar-refractivity contribution in [3.05, 3.63) is 29.8 Å². The highest BCUT2D eigenvalue weighted by Gasteiger charge is 2.23. The second kappa shape index (κ2) is 10.3. The Labute approximate surface area is 162 Å². The molecule has 27 heavy (non-hydrogen) atoms. The first-order valence-electron chi connectivity index (χ1n) is 9.92. The lowest BCUT2D eigenvalue weighted by atomic mass is 9.98. The van der Waals surface area contributed by atoms with Crippen molar-refractivity contribution >= 4 is 11.8 Å². The smallest absolute Gasteiger partial charge is 0.260 e. The fourth-order valence-electron chi connectivity index (χ4n) is 3.20. The van der Waals surface area contributed by atoms with E-state index in [0.29, 0.717) is 38.6 Å². The zero-order chi connectivity index (χ0) is 19.8. The van der Waals surface area contributed by atoms with Crippen molar-refractivity contribution < 1.29 is 14.3 Å². The van der Waals surface area contributed by atoms with Crippen LogP contribution in [0, 0.1) is 0 Å². The molecule has 150 valence electrons. The third-order valence-corrected chi connectivity index (χ3v) is 4.96. The van der Waals surface area contributed by atoms with Gasteiger partial charge in [0.15, 0.2) is 6.61 Å². The van der Waals surface area contributed by atoms with Crippen LogP contribution in [-0.4, -0.2) is 67.0 Å². The van der Waals surface area contributed by atoms with Gasteiger partial charge in [0.2, 0.25) is 5.91 Å². The molecule has 1 N–H and O–H groups in total. The van der Waals surface area contributed by atoms with Crippen LogP contribution in [0.1, 0.15) is 45.6 Å². The van der Waals surface area contributed by atoms with Crippen LogP contribution in [0.4, 0.5) is 0 Å². The van der Waals surface area contributed by atoms with E-state index in [4.69, 9.17) is 4.74 Å². The standard InChI is InChI=1S/C21H33N3O3/c1-5-17(4)18-8-6-7-9-19(18)27-15-21(26)24-12-10-23(11-13-24)14-20(25)22-16(2)3/h6-9,16-17H,5,10-15H2,1-4H3,(H,22,25). The minimum absolute atomic E-state index is 0.000219. The minimum Gasteiger partial charge on any atom is -0.483 e. The number of rotatable bonds is 8. The third kappa shape index (κ3) is 6.54. The average Bonchev–Trinajstić information content (AvgIpc) is 2.65. The van der Waals surface area contributed by atoms with Crippen LogP contribution in [0.3, 0.4) is 0 Å². The van der Waals surface area contributed by atoms with Gasteiger partial charge in [-0.25, -0.2) is 0 Å². The predicted octanol–water partition coefficient (Wildman–Crippen LogP) is 2.25. The number of carbonyl (C=O) groups excluding carboxylic acids is 2. The summed E-state index contributed by atoms with van der Waals surface area (Å²) in [5.41, 5.74) is 1.15. The van der Waals surface area contributed by atoms with E-state index in [0.717, 1.165) is 17.7 Å². The van der Waals surface area contributed by atoms with Crippen molar-refractivity contribution in [2.45, 2.75) is 46.1 Å². The quantitative estimate of drug-likeness (QED) is 0.757. The summed E-state index contributed by atoms with van der Waals surface area (Å²) in [5, 5.41) is 2.90. The van der Waals surface area contributed by atoms with E-state index in [2.05, 4.69) is 30.1 Å². The van der Waals surface area contributed by atoms with Gasteiger partial charge in [0, 0.05) is 32.2 Å². The molecule has 1 heterocycles. The monoisotopic (exact) mass is 375 g/mol. The predicted molar refractivity (Wildman–Crippen MR) is 107 cm³/mol. The number of nitrogens with one attached hydrogen (secondary N) is 1. The molecule has 1 atom stereocenters. The van der Waals surface area contributed by atoms with E-state index in [9.17, 15) is 9.59 Å². The summed E-state index contributed by atoms with van der Waals surface area (Å²) in [4.78, 5) is 28.3. The zero-order valence-corrected chi connectivity index (χ0v) is 17.0. The molecule has 2 rings (SSSR count). The largest absolute Gasteiger partial charge is 0.483 e. The molecule has 0 aliphatic carbocycles. The highest BCUT2D eigenvalue weighted by atomic mass is 16.5. The van der Waals surface area contributed by atoms with Gasteiger partial charge in [-0.15, -0.1) is 0 Å². The molecule has 1 aliphatic rings. The van der Waals surface area contributed by atoms with E-state index >= 15 is 0 Å². The number of hydrogen-bond donors (Lipinski definition) is 1. The van der Waals surface area contributed by atoms with Crippen molar-refractivity contribution in [3.63, 3.8) is 0 Å². The van der Waals surface area contributed by atoms with Crippen molar-refractivity contribution in [1.29, 1.82) is 0 Å². The van der Waals surface area contributed by atoms with Gasteiger partial charge < -0.3 is 15.0 Å². The Bertz CT molecular complexity index is 625. The van der Waals surface area contributed by atoms with Gasteiger partial charge in [-0.05, 0) is 37.8 Å². The van der Waals surface area contributed by atoms with Gasteiger partial charge in [0.05, 0.1) is 6.54 Å². The summed E-state index contributed by atoms with van der Waals surface area (Å²) >= 11 is 0. The highest BCUT2D eigenvalue weighted by molar-refractivity contribution is 5.79. The number of nitrogens with zero attached hydrogens (tertiary/aromatic N) is 2. The molecule has 1 aliphatic heterocycles. The summed E-state index contributed by atoms with van der Waals surface area (Å²) in [7, 11) is 0. The number of para-hydroxylation sites is 1.